The van der Waals surface area contributed by atoms with Gasteiger partial charge in [0.15, 0.2) is 12.9 Å². The Kier molecular flexibility index (Phi) is 5.20. The molecular weight excluding hydrogens is 390 g/mol. The van der Waals surface area contributed by atoms with E-state index in [2.05, 4.69) is 11.4 Å². The molecule has 0 aromatic heterocycles. The maximum Gasteiger partial charge on any atom is 0.262 e. The molecule has 0 saturated heterocycles. The van der Waals surface area contributed by atoms with Crippen molar-refractivity contribution in [3.63, 3.8) is 0 Å². The lowest BCUT2D eigenvalue weighted by atomic mass is 9.48. The zero-order valence-corrected chi connectivity index (χ0v) is 17.9. The first kappa shape index (κ1) is 20.1. The summed E-state index contributed by atoms with van der Waals surface area (Å²) < 4.78 is 10.9. The molecular formula is C26H29NO4. The largest absolute Gasteiger partial charge is 0.497 e. The van der Waals surface area contributed by atoms with Crippen LogP contribution in [0.25, 0.3) is 0 Å². The van der Waals surface area contributed by atoms with Crippen LogP contribution in [0, 0.1) is 17.8 Å². The molecule has 31 heavy (non-hydrogen) atoms. The van der Waals surface area contributed by atoms with Gasteiger partial charge in [-0.05, 0) is 91.5 Å². The molecule has 0 heterocycles. The van der Waals surface area contributed by atoms with E-state index in [-0.39, 0.29) is 17.9 Å². The van der Waals surface area contributed by atoms with Gasteiger partial charge in [-0.1, -0.05) is 12.1 Å². The van der Waals surface area contributed by atoms with Gasteiger partial charge in [-0.15, -0.1) is 0 Å². The summed E-state index contributed by atoms with van der Waals surface area (Å²) >= 11 is 0. The first-order valence-corrected chi connectivity index (χ1v) is 11.2. The van der Waals surface area contributed by atoms with E-state index in [4.69, 9.17) is 9.47 Å². The van der Waals surface area contributed by atoms with E-state index in [1.165, 1.54) is 44.1 Å². The second kappa shape index (κ2) is 8.03. The highest BCUT2D eigenvalue weighted by Gasteiger charge is 2.51. The SMILES string of the molecule is COc1cccc(NC(=O)COc2ccc(C34CC5CC(CC(C5)C3)C4)cc2C=O)c1. The lowest BCUT2D eigenvalue weighted by molar-refractivity contribution is -0.118. The van der Waals surface area contributed by atoms with Crippen molar-refractivity contribution in [2.24, 2.45) is 17.8 Å². The van der Waals surface area contributed by atoms with E-state index in [0.29, 0.717) is 22.7 Å². The van der Waals surface area contributed by atoms with Crippen molar-refractivity contribution in [3.8, 4) is 11.5 Å². The van der Waals surface area contributed by atoms with Crippen molar-refractivity contribution in [1.29, 1.82) is 0 Å². The normalized spacial score (nSPS) is 28.2. The number of carbonyl (C=O) groups excluding carboxylic acids is 2. The van der Waals surface area contributed by atoms with Gasteiger partial charge in [0.2, 0.25) is 0 Å². The number of ether oxygens (including phenoxy) is 2. The number of anilines is 1. The van der Waals surface area contributed by atoms with Crippen LogP contribution in [0.1, 0.15) is 54.4 Å². The lowest BCUT2D eigenvalue weighted by Gasteiger charge is -2.57. The van der Waals surface area contributed by atoms with Crippen LogP contribution in [-0.2, 0) is 10.2 Å². The highest BCUT2D eigenvalue weighted by Crippen LogP contribution is 2.60. The van der Waals surface area contributed by atoms with Crippen molar-refractivity contribution >= 4 is 17.9 Å². The lowest BCUT2D eigenvalue weighted by Crippen LogP contribution is -2.48. The predicted molar refractivity (Wildman–Crippen MR) is 119 cm³/mol. The van der Waals surface area contributed by atoms with Crippen LogP contribution in [0.4, 0.5) is 5.69 Å². The monoisotopic (exact) mass is 419 g/mol. The van der Waals surface area contributed by atoms with E-state index < -0.39 is 0 Å². The summed E-state index contributed by atoms with van der Waals surface area (Å²) in [7, 11) is 1.58. The smallest absolute Gasteiger partial charge is 0.262 e. The molecule has 162 valence electrons. The average Bonchev–Trinajstić information content (AvgIpc) is 2.76. The van der Waals surface area contributed by atoms with E-state index in [9.17, 15) is 9.59 Å². The number of rotatable bonds is 7. The summed E-state index contributed by atoms with van der Waals surface area (Å²) in [4.78, 5) is 24.1. The number of hydrogen-bond acceptors (Lipinski definition) is 4. The highest BCUT2D eigenvalue weighted by molar-refractivity contribution is 5.92. The summed E-state index contributed by atoms with van der Waals surface area (Å²) in [5.74, 6) is 3.40. The Morgan fingerprint density at radius 3 is 2.42 bits per heavy atom. The number of methoxy groups -OCH3 is 1. The fourth-order valence-electron chi connectivity index (χ4n) is 6.61. The third-order valence-corrected chi connectivity index (χ3v) is 7.50. The van der Waals surface area contributed by atoms with Crippen molar-refractivity contribution in [1.82, 2.24) is 0 Å². The Labute approximate surface area is 183 Å². The van der Waals surface area contributed by atoms with E-state index in [1.807, 2.05) is 24.3 Å². The Balaban J connectivity index is 1.27. The molecule has 1 N–H and O–H groups in total. The molecule has 5 heteroatoms. The van der Waals surface area contributed by atoms with Crippen LogP contribution in [0.5, 0.6) is 11.5 Å². The number of hydrogen-bond donors (Lipinski definition) is 1. The van der Waals surface area contributed by atoms with Gasteiger partial charge in [0.1, 0.15) is 11.5 Å². The van der Waals surface area contributed by atoms with Crippen LogP contribution in [-0.4, -0.2) is 25.9 Å². The molecule has 0 atom stereocenters. The molecule has 1 amide bonds. The number of benzene rings is 2. The van der Waals surface area contributed by atoms with Crippen molar-refractivity contribution in [3.05, 3.63) is 53.6 Å². The maximum absolute atomic E-state index is 12.3. The Morgan fingerprint density at radius 1 is 1.06 bits per heavy atom. The standard InChI is InChI=1S/C26H29NO4/c1-30-23-4-2-3-22(11-23)27-25(29)16-31-24-6-5-21(10-20(24)15-28)26-12-17-7-18(13-26)9-19(8-17)14-26/h2-6,10-11,15,17-19H,7-9,12-14,16H2,1H3,(H,27,29). The number of nitrogens with one attached hydrogen (secondary N) is 1. The van der Waals surface area contributed by atoms with E-state index in [1.54, 1.807) is 19.2 Å². The highest BCUT2D eigenvalue weighted by atomic mass is 16.5. The molecule has 0 unspecified atom stereocenters. The van der Waals surface area contributed by atoms with E-state index >= 15 is 0 Å². The van der Waals surface area contributed by atoms with Crippen molar-refractivity contribution in [2.45, 2.75) is 43.9 Å². The molecule has 0 radical (unpaired) electrons. The Bertz CT molecular complexity index is 963. The van der Waals surface area contributed by atoms with Gasteiger partial charge in [-0.2, -0.15) is 0 Å². The van der Waals surface area contributed by atoms with Crippen LogP contribution in [0.15, 0.2) is 42.5 Å². The number of carbonyl (C=O) groups is 2. The third-order valence-electron chi connectivity index (χ3n) is 7.50. The predicted octanol–water partition coefficient (Wildman–Crippen LogP) is 4.99. The van der Waals surface area contributed by atoms with E-state index in [0.717, 1.165) is 24.0 Å². The topological polar surface area (TPSA) is 64.6 Å². The molecule has 4 saturated carbocycles. The second-order valence-corrected chi connectivity index (χ2v) is 9.64. The summed E-state index contributed by atoms with van der Waals surface area (Å²) in [6, 6.07) is 13.2. The molecule has 6 rings (SSSR count). The van der Waals surface area contributed by atoms with Gasteiger partial charge in [0.25, 0.3) is 5.91 Å². The third kappa shape index (κ3) is 3.93. The fraction of sp³-hybridized carbons (Fsp3) is 0.462. The minimum Gasteiger partial charge on any atom is -0.497 e. The van der Waals surface area contributed by atoms with Crippen LogP contribution < -0.4 is 14.8 Å². The van der Waals surface area contributed by atoms with Gasteiger partial charge in [-0.25, -0.2) is 0 Å². The zero-order valence-electron chi connectivity index (χ0n) is 17.9. The summed E-state index contributed by atoms with van der Waals surface area (Å²) in [5.41, 5.74) is 2.68. The van der Waals surface area contributed by atoms with Gasteiger partial charge in [0, 0.05) is 11.8 Å². The van der Waals surface area contributed by atoms with Gasteiger partial charge in [-0.3, -0.25) is 9.59 Å². The van der Waals surface area contributed by atoms with Crippen LogP contribution >= 0.6 is 0 Å². The minimum atomic E-state index is -0.282. The Morgan fingerprint density at radius 2 is 1.77 bits per heavy atom. The quantitative estimate of drug-likeness (QED) is 0.642. The second-order valence-electron chi connectivity index (χ2n) is 9.64. The first-order chi connectivity index (χ1) is 15.1. The van der Waals surface area contributed by atoms with Crippen molar-refractivity contribution in [2.75, 3.05) is 19.0 Å². The summed E-state index contributed by atoms with van der Waals surface area (Å²) in [6.45, 7) is -0.158. The molecule has 4 aliphatic carbocycles. The zero-order chi connectivity index (χ0) is 21.4. The number of aldehydes is 1. The van der Waals surface area contributed by atoms with Gasteiger partial charge in [0.05, 0.1) is 12.7 Å². The summed E-state index contributed by atoms with van der Waals surface area (Å²) in [6.07, 6.45) is 8.77. The Hall–Kier alpha value is -2.82. The van der Waals surface area contributed by atoms with Crippen molar-refractivity contribution < 1.29 is 19.1 Å². The summed E-state index contributed by atoms with van der Waals surface area (Å²) in [5, 5.41) is 2.79. The molecule has 5 nitrogen and oxygen atoms in total. The molecule has 2 aromatic carbocycles. The number of amides is 1. The van der Waals surface area contributed by atoms with Crippen LogP contribution in [0.3, 0.4) is 0 Å². The molecule has 4 bridgehead atoms. The molecule has 0 aliphatic heterocycles. The fourth-order valence-corrected chi connectivity index (χ4v) is 6.61. The maximum atomic E-state index is 12.3. The van der Waals surface area contributed by atoms with Crippen LogP contribution in [0.2, 0.25) is 0 Å². The first-order valence-electron chi connectivity index (χ1n) is 11.2. The minimum absolute atomic E-state index is 0.158. The average molecular weight is 420 g/mol. The van der Waals surface area contributed by atoms with Gasteiger partial charge < -0.3 is 14.8 Å². The molecule has 4 aliphatic rings. The molecule has 4 fully saturated rings. The van der Waals surface area contributed by atoms with Gasteiger partial charge >= 0.3 is 0 Å². The molecule has 2 aromatic rings. The molecule has 0 spiro atoms.